The first kappa shape index (κ1) is 26.4. The third-order valence-electron chi connectivity index (χ3n) is 7.33. The number of rotatable bonds is 10. The molecule has 4 aromatic carbocycles. The number of benzene rings is 4. The Morgan fingerprint density at radius 3 is 2.36 bits per heavy atom. The minimum Gasteiger partial charge on any atom is -0.457 e. The molecule has 1 aliphatic rings. The number of ether oxygens (including phenoxy) is 1. The van der Waals surface area contributed by atoms with Gasteiger partial charge in [0.15, 0.2) is 0 Å². The highest BCUT2D eigenvalue weighted by atomic mass is 16.5. The van der Waals surface area contributed by atoms with E-state index in [1.165, 1.54) is 0 Å². The largest absolute Gasteiger partial charge is 0.457 e. The lowest BCUT2D eigenvalue weighted by Crippen LogP contribution is -2.63. The van der Waals surface area contributed by atoms with Crippen molar-refractivity contribution in [2.45, 2.75) is 51.2 Å². The standard InChI is InChI=1S/C33H35N3O3/c1-23-19-25(15-17-31(23)39-28-11-3-2-4-12-28)22-36-30(13-7-8-18-34)32(37)35-29(33(36)38)21-24-14-16-26-9-5-6-10-27(26)20-24/h2-6,9-12,14-17,19-20,29-30H,7-8,13,18,21-22,34H2,1H3,(H,35,37). The minimum atomic E-state index is -0.605. The van der Waals surface area contributed by atoms with Crippen LogP contribution in [0.15, 0.2) is 91.0 Å². The normalized spacial score (nSPS) is 17.3. The Labute approximate surface area is 229 Å². The molecule has 1 aliphatic heterocycles. The van der Waals surface area contributed by atoms with E-state index in [2.05, 4.69) is 29.6 Å². The number of para-hydroxylation sites is 1. The van der Waals surface area contributed by atoms with Gasteiger partial charge in [0.05, 0.1) is 0 Å². The number of nitrogens with two attached hydrogens (primary N) is 1. The van der Waals surface area contributed by atoms with Crippen molar-refractivity contribution >= 4 is 22.6 Å². The summed E-state index contributed by atoms with van der Waals surface area (Å²) >= 11 is 0. The van der Waals surface area contributed by atoms with E-state index in [4.69, 9.17) is 10.5 Å². The summed E-state index contributed by atoms with van der Waals surface area (Å²) in [6, 6.07) is 28.8. The van der Waals surface area contributed by atoms with E-state index >= 15 is 0 Å². The first-order valence-electron chi connectivity index (χ1n) is 13.6. The topological polar surface area (TPSA) is 84.7 Å². The fraction of sp³-hybridized carbons (Fsp3) is 0.273. The Kier molecular flexibility index (Phi) is 8.23. The number of carbonyl (C=O) groups excluding carboxylic acids is 2. The van der Waals surface area contributed by atoms with Crippen molar-refractivity contribution in [3.05, 3.63) is 108 Å². The van der Waals surface area contributed by atoms with Crippen LogP contribution in [-0.2, 0) is 22.6 Å². The molecule has 0 saturated carbocycles. The van der Waals surface area contributed by atoms with E-state index in [9.17, 15) is 9.59 Å². The molecule has 0 aromatic heterocycles. The first-order valence-corrected chi connectivity index (χ1v) is 13.6. The number of carbonyl (C=O) groups is 2. The molecule has 1 saturated heterocycles. The molecule has 2 unspecified atom stereocenters. The van der Waals surface area contributed by atoms with Crippen molar-refractivity contribution in [3.63, 3.8) is 0 Å². The van der Waals surface area contributed by atoms with Gasteiger partial charge in [-0.1, -0.05) is 72.8 Å². The zero-order chi connectivity index (χ0) is 27.2. The molecule has 0 aliphatic carbocycles. The Morgan fingerprint density at radius 2 is 1.59 bits per heavy atom. The molecular formula is C33H35N3O3. The van der Waals surface area contributed by atoms with Crippen LogP contribution in [0.2, 0.25) is 0 Å². The Hall–Kier alpha value is -4.16. The van der Waals surface area contributed by atoms with Crippen molar-refractivity contribution in [2.24, 2.45) is 5.73 Å². The van der Waals surface area contributed by atoms with Crippen molar-refractivity contribution < 1.29 is 14.3 Å². The van der Waals surface area contributed by atoms with Gasteiger partial charge in [0.25, 0.3) is 0 Å². The molecule has 0 radical (unpaired) electrons. The van der Waals surface area contributed by atoms with Crippen LogP contribution in [0.3, 0.4) is 0 Å². The maximum absolute atomic E-state index is 13.8. The van der Waals surface area contributed by atoms with Crippen molar-refractivity contribution in [1.29, 1.82) is 0 Å². The first-order chi connectivity index (χ1) is 19.0. The smallest absolute Gasteiger partial charge is 0.246 e. The summed E-state index contributed by atoms with van der Waals surface area (Å²) in [5.74, 6) is 1.38. The van der Waals surface area contributed by atoms with E-state index in [1.54, 1.807) is 4.90 Å². The van der Waals surface area contributed by atoms with E-state index in [-0.39, 0.29) is 11.8 Å². The molecule has 0 bridgehead atoms. The highest BCUT2D eigenvalue weighted by molar-refractivity contribution is 5.97. The summed E-state index contributed by atoms with van der Waals surface area (Å²) in [5.41, 5.74) is 8.66. The summed E-state index contributed by atoms with van der Waals surface area (Å²) in [7, 11) is 0. The molecular weight excluding hydrogens is 486 g/mol. The molecule has 2 atom stereocenters. The van der Waals surface area contributed by atoms with Crippen LogP contribution in [0.4, 0.5) is 0 Å². The lowest BCUT2D eigenvalue weighted by molar-refractivity contribution is -0.150. The zero-order valence-corrected chi connectivity index (χ0v) is 22.3. The molecule has 1 fully saturated rings. The van der Waals surface area contributed by atoms with E-state index in [0.717, 1.165) is 51.8 Å². The molecule has 1 heterocycles. The van der Waals surface area contributed by atoms with E-state index in [0.29, 0.717) is 25.9 Å². The number of fused-ring (bicyclic) bond motifs is 1. The van der Waals surface area contributed by atoms with Crippen molar-refractivity contribution in [1.82, 2.24) is 10.2 Å². The van der Waals surface area contributed by atoms with E-state index in [1.807, 2.05) is 73.7 Å². The summed E-state index contributed by atoms with van der Waals surface area (Å²) in [6.07, 6.45) is 2.64. The lowest BCUT2D eigenvalue weighted by atomic mass is 9.95. The van der Waals surface area contributed by atoms with Gasteiger partial charge in [-0.25, -0.2) is 0 Å². The lowest BCUT2D eigenvalue weighted by Gasteiger charge is -2.39. The number of nitrogens with zero attached hydrogens (tertiary/aromatic N) is 1. The molecule has 3 N–H and O–H groups in total. The van der Waals surface area contributed by atoms with Crippen LogP contribution >= 0.6 is 0 Å². The molecule has 6 heteroatoms. The second kappa shape index (κ2) is 12.1. The molecule has 6 nitrogen and oxygen atoms in total. The van der Waals surface area contributed by atoms with Gasteiger partial charge >= 0.3 is 0 Å². The number of unbranched alkanes of at least 4 members (excludes halogenated alkanes) is 1. The summed E-state index contributed by atoms with van der Waals surface area (Å²) in [6.45, 7) is 2.92. The third-order valence-corrected chi connectivity index (χ3v) is 7.33. The fourth-order valence-corrected chi connectivity index (χ4v) is 5.26. The highest BCUT2D eigenvalue weighted by Gasteiger charge is 2.40. The van der Waals surface area contributed by atoms with E-state index < -0.39 is 12.1 Å². The third kappa shape index (κ3) is 6.29. The fourth-order valence-electron chi connectivity index (χ4n) is 5.26. The predicted octanol–water partition coefficient (Wildman–Crippen LogP) is 5.51. The van der Waals surface area contributed by atoms with Gasteiger partial charge < -0.3 is 20.7 Å². The zero-order valence-electron chi connectivity index (χ0n) is 22.3. The Bertz CT molecular complexity index is 1450. The average molecular weight is 522 g/mol. The van der Waals surface area contributed by atoms with Gasteiger partial charge in [-0.05, 0) is 78.4 Å². The van der Waals surface area contributed by atoms with Crippen LogP contribution < -0.4 is 15.8 Å². The van der Waals surface area contributed by atoms with Crippen molar-refractivity contribution in [2.75, 3.05) is 6.54 Å². The summed E-state index contributed by atoms with van der Waals surface area (Å²) in [5, 5.41) is 5.29. The Balaban J connectivity index is 1.36. The van der Waals surface area contributed by atoms with Gasteiger partial charge in [-0.2, -0.15) is 0 Å². The number of piperazine rings is 1. The van der Waals surface area contributed by atoms with Gasteiger partial charge in [-0.3, -0.25) is 9.59 Å². The summed E-state index contributed by atoms with van der Waals surface area (Å²) in [4.78, 5) is 28.9. The molecule has 0 spiro atoms. The van der Waals surface area contributed by atoms with Gasteiger partial charge in [0, 0.05) is 13.0 Å². The maximum Gasteiger partial charge on any atom is 0.246 e. The van der Waals surface area contributed by atoms with Crippen LogP contribution in [0.25, 0.3) is 10.8 Å². The summed E-state index contributed by atoms with van der Waals surface area (Å²) < 4.78 is 6.04. The SMILES string of the molecule is Cc1cc(CN2C(=O)C(Cc3ccc4ccccc4c3)NC(=O)C2CCCCN)ccc1Oc1ccccc1. The highest BCUT2D eigenvalue weighted by Crippen LogP contribution is 2.28. The second-order valence-corrected chi connectivity index (χ2v) is 10.2. The number of nitrogens with one attached hydrogen (secondary N) is 1. The maximum atomic E-state index is 13.8. The van der Waals surface area contributed by atoms with Gasteiger partial charge in [0.1, 0.15) is 23.6 Å². The number of hydrogen-bond acceptors (Lipinski definition) is 4. The average Bonchev–Trinajstić information content (AvgIpc) is 2.95. The van der Waals surface area contributed by atoms with Crippen LogP contribution in [0, 0.1) is 6.92 Å². The number of aryl methyl sites for hydroxylation is 1. The van der Waals surface area contributed by atoms with Crippen LogP contribution in [0.1, 0.15) is 36.0 Å². The molecule has 2 amide bonds. The Morgan fingerprint density at radius 1 is 0.846 bits per heavy atom. The number of amides is 2. The quantitative estimate of drug-likeness (QED) is 0.270. The molecule has 200 valence electrons. The molecule has 5 rings (SSSR count). The van der Waals surface area contributed by atoms with Gasteiger partial charge in [0.2, 0.25) is 11.8 Å². The van der Waals surface area contributed by atoms with Crippen LogP contribution in [-0.4, -0.2) is 35.3 Å². The van der Waals surface area contributed by atoms with Gasteiger partial charge in [-0.15, -0.1) is 0 Å². The molecule has 39 heavy (non-hydrogen) atoms. The predicted molar refractivity (Wildman–Crippen MR) is 155 cm³/mol. The monoisotopic (exact) mass is 521 g/mol. The number of hydrogen-bond donors (Lipinski definition) is 2. The minimum absolute atomic E-state index is 0.0530. The second-order valence-electron chi connectivity index (χ2n) is 10.2. The van der Waals surface area contributed by atoms with Crippen LogP contribution in [0.5, 0.6) is 11.5 Å². The molecule has 4 aromatic rings. The van der Waals surface area contributed by atoms with Crippen molar-refractivity contribution in [3.8, 4) is 11.5 Å².